The van der Waals surface area contributed by atoms with Crippen molar-refractivity contribution in [1.82, 2.24) is 15.4 Å². The second kappa shape index (κ2) is 9.18. The highest BCUT2D eigenvalue weighted by atomic mass is 16.6. The summed E-state index contributed by atoms with van der Waals surface area (Å²) in [5, 5.41) is 25.1. The highest BCUT2D eigenvalue weighted by molar-refractivity contribution is 5.95. The van der Waals surface area contributed by atoms with E-state index in [9.17, 15) is 25.0 Å². The first-order valence-electron chi connectivity index (χ1n) is 7.89. The van der Waals surface area contributed by atoms with Gasteiger partial charge in [0.05, 0.1) is 16.5 Å². The van der Waals surface area contributed by atoms with Gasteiger partial charge in [0.25, 0.3) is 11.6 Å². The molecule has 13 heteroatoms. The molecule has 0 saturated carbocycles. The number of anilines is 2. The lowest BCUT2D eigenvalue weighted by atomic mass is 10.2. The SMILES string of the molecule is COCC(C)Nc1ncnc(NNC(=O)c2cccc([N+](=O)[O-])c2)c1[N+](=O)[O-]. The molecule has 0 aliphatic rings. The third-order valence-corrected chi connectivity index (χ3v) is 3.42. The largest absolute Gasteiger partial charge is 0.383 e. The first kappa shape index (κ1) is 20.4. The first-order valence-corrected chi connectivity index (χ1v) is 7.89. The Bertz CT molecular complexity index is 891. The Morgan fingerprint density at radius 1 is 1.21 bits per heavy atom. The van der Waals surface area contributed by atoms with Crippen molar-refractivity contribution in [3.63, 3.8) is 0 Å². The normalized spacial score (nSPS) is 11.4. The number of nitrogens with one attached hydrogen (secondary N) is 3. The van der Waals surface area contributed by atoms with Gasteiger partial charge in [-0.1, -0.05) is 6.07 Å². The second-order valence-corrected chi connectivity index (χ2v) is 5.56. The minimum Gasteiger partial charge on any atom is -0.383 e. The van der Waals surface area contributed by atoms with Crippen LogP contribution in [-0.4, -0.2) is 45.5 Å². The number of hydrogen-bond donors (Lipinski definition) is 3. The van der Waals surface area contributed by atoms with E-state index in [2.05, 4.69) is 26.1 Å². The van der Waals surface area contributed by atoms with Crippen molar-refractivity contribution in [2.45, 2.75) is 13.0 Å². The Morgan fingerprint density at radius 2 is 1.93 bits per heavy atom. The van der Waals surface area contributed by atoms with E-state index in [1.165, 1.54) is 25.3 Å². The molecular formula is C15H17N7O6. The standard InChI is InChI=1S/C15H17N7O6/c1-9(7-28-2)18-13-12(22(26)27)14(17-8-16-13)19-20-15(23)10-4-3-5-11(6-10)21(24)25/h3-6,8-9H,7H2,1-2H3,(H,20,23)(H2,16,17,18,19). The first-order chi connectivity index (χ1) is 13.3. The predicted molar refractivity (Wildman–Crippen MR) is 97.8 cm³/mol. The highest BCUT2D eigenvalue weighted by Crippen LogP contribution is 2.28. The van der Waals surface area contributed by atoms with E-state index in [0.29, 0.717) is 0 Å². The lowest BCUT2D eigenvalue weighted by molar-refractivity contribution is -0.384. The molecule has 2 rings (SSSR count). The summed E-state index contributed by atoms with van der Waals surface area (Å²) in [4.78, 5) is 40.7. The average Bonchev–Trinajstić information content (AvgIpc) is 2.66. The van der Waals surface area contributed by atoms with Gasteiger partial charge in [0.15, 0.2) is 0 Å². The van der Waals surface area contributed by atoms with E-state index in [-0.39, 0.29) is 35.5 Å². The number of carbonyl (C=O) groups excluding carboxylic acids is 1. The monoisotopic (exact) mass is 391 g/mol. The van der Waals surface area contributed by atoms with E-state index < -0.39 is 21.4 Å². The summed E-state index contributed by atoms with van der Waals surface area (Å²) < 4.78 is 4.96. The molecule has 0 saturated heterocycles. The van der Waals surface area contributed by atoms with Crippen LogP contribution in [0.3, 0.4) is 0 Å². The molecule has 0 aliphatic heterocycles. The molecule has 148 valence electrons. The van der Waals surface area contributed by atoms with Gasteiger partial charge in [-0.15, -0.1) is 0 Å². The number of amides is 1. The number of benzene rings is 1. The predicted octanol–water partition coefficient (Wildman–Crippen LogP) is 1.50. The number of hydrogen-bond acceptors (Lipinski definition) is 10. The summed E-state index contributed by atoms with van der Waals surface area (Å²) in [5.74, 6) is -1.05. The molecule has 1 heterocycles. The lowest BCUT2D eigenvalue weighted by Gasteiger charge is -2.14. The fourth-order valence-corrected chi connectivity index (χ4v) is 2.22. The maximum absolute atomic E-state index is 12.2. The molecule has 13 nitrogen and oxygen atoms in total. The Balaban J connectivity index is 2.19. The van der Waals surface area contributed by atoms with Gasteiger partial charge in [0, 0.05) is 30.8 Å². The Hall–Kier alpha value is -3.87. The van der Waals surface area contributed by atoms with Crippen LogP contribution in [0, 0.1) is 20.2 Å². The lowest BCUT2D eigenvalue weighted by Crippen LogP contribution is -2.30. The van der Waals surface area contributed by atoms with E-state index >= 15 is 0 Å². The molecule has 0 aliphatic carbocycles. The maximum Gasteiger partial charge on any atom is 0.354 e. The van der Waals surface area contributed by atoms with Gasteiger partial charge in [-0.05, 0) is 13.0 Å². The summed E-state index contributed by atoms with van der Waals surface area (Å²) in [6.07, 6.45) is 1.08. The van der Waals surface area contributed by atoms with Crippen LogP contribution < -0.4 is 16.2 Å². The zero-order chi connectivity index (χ0) is 20.7. The van der Waals surface area contributed by atoms with Crippen molar-refractivity contribution in [3.05, 3.63) is 56.4 Å². The minimum absolute atomic E-state index is 0.00882. The molecule has 0 spiro atoms. The van der Waals surface area contributed by atoms with Crippen molar-refractivity contribution in [3.8, 4) is 0 Å². The number of rotatable bonds is 9. The highest BCUT2D eigenvalue weighted by Gasteiger charge is 2.24. The van der Waals surface area contributed by atoms with Crippen LogP contribution in [-0.2, 0) is 4.74 Å². The Kier molecular flexibility index (Phi) is 6.70. The number of nitrogens with zero attached hydrogens (tertiary/aromatic N) is 4. The fourth-order valence-electron chi connectivity index (χ4n) is 2.22. The zero-order valence-corrected chi connectivity index (χ0v) is 14.9. The third kappa shape index (κ3) is 5.07. The summed E-state index contributed by atoms with van der Waals surface area (Å²) in [6.45, 7) is 2.03. The van der Waals surface area contributed by atoms with E-state index in [1.807, 2.05) is 0 Å². The second-order valence-electron chi connectivity index (χ2n) is 5.56. The number of nitro benzene ring substituents is 1. The zero-order valence-electron chi connectivity index (χ0n) is 14.9. The van der Waals surface area contributed by atoms with Gasteiger partial charge in [0.2, 0.25) is 11.6 Å². The van der Waals surface area contributed by atoms with E-state index in [4.69, 9.17) is 4.74 Å². The fraction of sp³-hybridized carbons (Fsp3) is 0.267. The number of aromatic nitrogens is 2. The number of carbonyl (C=O) groups is 1. The molecule has 0 radical (unpaired) electrons. The van der Waals surface area contributed by atoms with Crippen molar-refractivity contribution < 1.29 is 19.4 Å². The molecule has 1 amide bonds. The number of nitro groups is 2. The Labute approximate surface area is 158 Å². The van der Waals surface area contributed by atoms with Crippen LogP contribution in [0.4, 0.5) is 23.0 Å². The van der Waals surface area contributed by atoms with Gasteiger partial charge in [-0.3, -0.25) is 35.9 Å². The topological polar surface area (TPSA) is 174 Å². The average molecular weight is 391 g/mol. The van der Waals surface area contributed by atoms with Gasteiger partial charge in [-0.2, -0.15) is 0 Å². The molecule has 1 aromatic heterocycles. The summed E-state index contributed by atoms with van der Waals surface area (Å²) in [5.41, 5.74) is 3.82. The molecule has 1 aromatic carbocycles. The molecule has 28 heavy (non-hydrogen) atoms. The minimum atomic E-state index is -0.737. The quantitative estimate of drug-likeness (QED) is 0.419. The third-order valence-electron chi connectivity index (χ3n) is 3.42. The summed E-state index contributed by atoms with van der Waals surface area (Å²) in [6, 6.07) is 4.74. The molecule has 0 fully saturated rings. The van der Waals surface area contributed by atoms with E-state index in [0.717, 1.165) is 12.4 Å². The van der Waals surface area contributed by atoms with Gasteiger partial charge < -0.3 is 10.1 Å². The molecule has 1 unspecified atom stereocenters. The van der Waals surface area contributed by atoms with Crippen LogP contribution in [0.5, 0.6) is 0 Å². The van der Waals surface area contributed by atoms with Crippen molar-refractivity contribution >= 4 is 28.9 Å². The smallest absolute Gasteiger partial charge is 0.354 e. The Morgan fingerprint density at radius 3 is 2.57 bits per heavy atom. The molecule has 3 N–H and O–H groups in total. The summed E-state index contributed by atoms with van der Waals surface area (Å²) in [7, 11) is 1.49. The number of methoxy groups -OCH3 is 1. The molecule has 2 aromatic rings. The number of hydrazine groups is 1. The van der Waals surface area contributed by atoms with Crippen LogP contribution in [0.2, 0.25) is 0 Å². The number of ether oxygens (including phenoxy) is 1. The maximum atomic E-state index is 12.2. The van der Waals surface area contributed by atoms with Gasteiger partial charge >= 0.3 is 5.69 Å². The van der Waals surface area contributed by atoms with Crippen molar-refractivity contribution in [1.29, 1.82) is 0 Å². The van der Waals surface area contributed by atoms with Crippen LogP contribution in [0.15, 0.2) is 30.6 Å². The molecule has 1 atom stereocenters. The van der Waals surface area contributed by atoms with Crippen molar-refractivity contribution in [2.24, 2.45) is 0 Å². The van der Waals surface area contributed by atoms with Crippen LogP contribution in [0.1, 0.15) is 17.3 Å². The summed E-state index contributed by atoms with van der Waals surface area (Å²) >= 11 is 0. The van der Waals surface area contributed by atoms with Crippen molar-refractivity contribution in [2.75, 3.05) is 24.5 Å². The molecule has 0 bridgehead atoms. The molecular weight excluding hydrogens is 374 g/mol. The van der Waals surface area contributed by atoms with Gasteiger partial charge in [0.1, 0.15) is 6.33 Å². The number of non-ortho nitro benzene ring substituents is 1. The van der Waals surface area contributed by atoms with Crippen LogP contribution in [0.25, 0.3) is 0 Å². The van der Waals surface area contributed by atoms with Gasteiger partial charge in [-0.25, -0.2) is 9.97 Å². The van der Waals surface area contributed by atoms with Crippen LogP contribution >= 0.6 is 0 Å². The van der Waals surface area contributed by atoms with E-state index in [1.54, 1.807) is 6.92 Å².